The van der Waals surface area contributed by atoms with Crippen molar-refractivity contribution in [2.75, 3.05) is 26.3 Å². The number of hydrogen-bond donors (Lipinski definition) is 2. The molecule has 1 saturated heterocycles. The van der Waals surface area contributed by atoms with Crippen LogP contribution >= 0.6 is 23.4 Å². The van der Waals surface area contributed by atoms with E-state index in [0.717, 1.165) is 5.56 Å². The lowest BCUT2D eigenvalue weighted by atomic mass is 10.2. The summed E-state index contributed by atoms with van der Waals surface area (Å²) in [5.74, 6) is 0.958. The largest absolute Gasteiger partial charge is 0.379 e. The van der Waals surface area contributed by atoms with Crippen molar-refractivity contribution < 1.29 is 13.2 Å². The van der Waals surface area contributed by atoms with Crippen LogP contribution in [0.4, 0.5) is 0 Å². The standard InChI is InChI=1S/C26H26ClN7O5S2/c1-2-33-21(30-23-22(33)24(35)31-26(36)34(23)14-16-3-5-17(27)6-4-16)15-40-25-28-19-8-7-18(13-20(19)29-25)41(37,38)32-9-11-39-12-10-32/h3-8,13H,2,9-12,14-15H2,1H3,(H,28,29)(H,31,35,36). The fourth-order valence-electron chi connectivity index (χ4n) is 4.85. The van der Waals surface area contributed by atoms with Gasteiger partial charge in [0, 0.05) is 24.7 Å². The maximum absolute atomic E-state index is 13.1. The van der Waals surface area contributed by atoms with Gasteiger partial charge >= 0.3 is 5.69 Å². The third-order valence-corrected chi connectivity index (χ3v) is 9.93. The molecule has 15 heteroatoms. The summed E-state index contributed by atoms with van der Waals surface area (Å²) in [6.45, 7) is 3.98. The number of fused-ring (bicyclic) bond motifs is 2. The van der Waals surface area contributed by atoms with Crippen LogP contribution in [0.1, 0.15) is 18.3 Å². The highest BCUT2D eigenvalue weighted by atomic mass is 35.5. The van der Waals surface area contributed by atoms with Gasteiger partial charge in [-0.05, 0) is 42.8 Å². The zero-order valence-corrected chi connectivity index (χ0v) is 24.4. The lowest BCUT2D eigenvalue weighted by Crippen LogP contribution is -2.40. The molecule has 4 heterocycles. The summed E-state index contributed by atoms with van der Waals surface area (Å²) in [6.07, 6.45) is 0. The van der Waals surface area contributed by atoms with E-state index in [0.29, 0.717) is 76.8 Å². The Morgan fingerprint density at radius 3 is 2.51 bits per heavy atom. The molecule has 0 amide bonds. The van der Waals surface area contributed by atoms with Gasteiger partial charge in [-0.3, -0.25) is 14.3 Å². The van der Waals surface area contributed by atoms with Crippen molar-refractivity contribution >= 4 is 55.6 Å². The molecular formula is C26H26ClN7O5S2. The number of H-pyrrole nitrogens is 2. The number of benzene rings is 2. The molecule has 1 aliphatic heterocycles. The summed E-state index contributed by atoms with van der Waals surface area (Å²) in [5, 5.41) is 1.16. The minimum Gasteiger partial charge on any atom is -0.379 e. The Bertz CT molecular complexity index is 1970. The number of thioether (sulfide) groups is 1. The first-order chi connectivity index (χ1) is 19.7. The first-order valence-electron chi connectivity index (χ1n) is 12.9. The van der Waals surface area contributed by atoms with Gasteiger partial charge in [-0.1, -0.05) is 35.5 Å². The highest BCUT2D eigenvalue weighted by Gasteiger charge is 2.27. The summed E-state index contributed by atoms with van der Waals surface area (Å²) >= 11 is 7.37. The number of nitrogens with zero attached hydrogens (tertiary/aromatic N) is 5. The molecule has 0 bridgehead atoms. The maximum atomic E-state index is 13.1. The fraction of sp³-hybridized carbons (Fsp3) is 0.308. The minimum atomic E-state index is -3.64. The molecule has 2 N–H and O–H groups in total. The topological polar surface area (TPSA) is 148 Å². The summed E-state index contributed by atoms with van der Waals surface area (Å²) in [5.41, 5.74) is 1.64. The number of morpholine rings is 1. The van der Waals surface area contributed by atoms with Gasteiger partial charge in [0.25, 0.3) is 5.56 Å². The minimum absolute atomic E-state index is 0.192. The van der Waals surface area contributed by atoms with E-state index in [4.69, 9.17) is 21.3 Å². The first-order valence-corrected chi connectivity index (χ1v) is 15.7. The van der Waals surface area contributed by atoms with Crippen LogP contribution < -0.4 is 11.2 Å². The highest BCUT2D eigenvalue weighted by molar-refractivity contribution is 7.98. The van der Waals surface area contributed by atoms with Gasteiger partial charge in [-0.2, -0.15) is 4.31 Å². The molecule has 6 rings (SSSR count). The maximum Gasteiger partial charge on any atom is 0.330 e. The van der Waals surface area contributed by atoms with E-state index in [1.165, 1.54) is 20.6 Å². The smallest absolute Gasteiger partial charge is 0.330 e. The number of aromatic nitrogens is 6. The van der Waals surface area contributed by atoms with Gasteiger partial charge in [0.05, 0.1) is 41.4 Å². The van der Waals surface area contributed by atoms with Gasteiger partial charge < -0.3 is 14.3 Å². The van der Waals surface area contributed by atoms with E-state index in [-0.39, 0.29) is 11.4 Å². The molecule has 0 unspecified atom stereocenters. The second kappa shape index (κ2) is 11.1. The van der Waals surface area contributed by atoms with E-state index in [1.54, 1.807) is 34.9 Å². The molecule has 0 spiro atoms. The van der Waals surface area contributed by atoms with Crippen molar-refractivity contribution in [1.29, 1.82) is 0 Å². The van der Waals surface area contributed by atoms with Crippen LogP contribution in [0.15, 0.2) is 62.1 Å². The first kappa shape index (κ1) is 27.7. The zero-order valence-electron chi connectivity index (χ0n) is 22.0. The van der Waals surface area contributed by atoms with Crippen LogP contribution in [0, 0.1) is 0 Å². The number of halogens is 1. The average Bonchev–Trinajstić information content (AvgIpc) is 3.56. The monoisotopic (exact) mass is 615 g/mol. The van der Waals surface area contributed by atoms with E-state index in [2.05, 4.69) is 15.0 Å². The number of hydrogen-bond acceptors (Lipinski definition) is 8. The van der Waals surface area contributed by atoms with Crippen molar-refractivity contribution in [3.8, 4) is 0 Å². The Labute approximate surface area is 243 Å². The normalized spacial score (nSPS) is 14.8. The number of aryl methyl sites for hydroxylation is 1. The molecule has 1 aliphatic rings. The van der Waals surface area contributed by atoms with Crippen molar-refractivity contribution in [3.63, 3.8) is 0 Å². The quantitative estimate of drug-likeness (QED) is 0.253. The second-order valence-electron chi connectivity index (χ2n) is 9.44. The van der Waals surface area contributed by atoms with Crippen LogP contribution in [0.5, 0.6) is 0 Å². The highest BCUT2D eigenvalue weighted by Crippen LogP contribution is 2.27. The third kappa shape index (κ3) is 5.33. The van der Waals surface area contributed by atoms with Crippen LogP contribution in [-0.2, 0) is 33.6 Å². The Hall–Kier alpha value is -3.43. The molecular weight excluding hydrogens is 590 g/mol. The fourth-order valence-corrected chi connectivity index (χ4v) is 7.24. The van der Waals surface area contributed by atoms with Gasteiger partial charge in [-0.15, -0.1) is 0 Å². The predicted molar refractivity (Wildman–Crippen MR) is 156 cm³/mol. The molecule has 41 heavy (non-hydrogen) atoms. The Morgan fingerprint density at radius 2 is 1.78 bits per heavy atom. The van der Waals surface area contributed by atoms with Crippen LogP contribution in [0.25, 0.3) is 22.2 Å². The van der Waals surface area contributed by atoms with Crippen molar-refractivity contribution in [2.45, 2.75) is 35.8 Å². The zero-order chi connectivity index (χ0) is 28.7. The van der Waals surface area contributed by atoms with Crippen molar-refractivity contribution in [1.82, 2.24) is 33.4 Å². The number of sulfonamides is 1. The van der Waals surface area contributed by atoms with Crippen LogP contribution in [-0.4, -0.2) is 68.1 Å². The van der Waals surface area contributed by atoms with Gasteiger partial charge in [-0.25, -0.2) is 23.2 Å². The number of nitrogens with one attached hydrogen (secondary N) is 2. The van der Waals surface area contributed by atoms with Crippen LogP contribution in [0.3, 0.4) is 0 Å². The van der Waals surface area contributed by atoms with Gasteiger partial charge in [0.15, 0.2) is 16.3 Å². The predicted octanol–water partition coefficient (Wildman–Crippen LogP) is 2.80. The molecule has 214 valence electrons. The number of imidazole rings is 2. The molecule has 0 saturated carbocycles. The lowest BCUT2D eigenvalue weighted by Gasteiger charge is -2.25. The second-order valence-corrected chi connectivity index (χ2v) is 12.8. The lowest BCUT2D eigenvalue weighted by molar-refractivity contribution is 0.0730. The summed E-state index contributed by atoms with van der Waals surface area (Å²) in [6, 6.07) is 12.0. The summed E-state index contributed by atoms with van der Waals surface area (Å²) in [4.78, 5) is 40.7. The Balaban J connectivity index is 1.29. The molecule has 0 atom stereocenters. The van der Waals surface area contributed by atoms with Crippen molar-refractivity contribution in [3.05, 3.63) is 79.7 Å². The Morgan fingerprint density at radius 1 is 1.02 bits per heavy atom. The molecule has 5 aromatic rings. The Kier molecular flexibility index (Phi) is 7.50. The average molecular weight is 616 g/mol. The van der Waals surface area contributed by atoms with Crippen LogP contribution in [0.2, 0.25) is 5.02 Å². The number of aromatic amines is 2. The van der Waals surface area contributed by atoms with Gasteiger partial charge in [0.1, 0.15) is 5.82 Å². The molecule has 0 radical (unpaired) electrons. The molecule has 1 fully saturated rings. The summed E-state index contributed by atoms with van der Waals surface area (Å²) < 4.78 is 36.1. The molecule has 2 aromatic carbocycles. The van der Waals surface area contributed by atoms with E-state index < -0.39 is 21.3 Å². The van der Waals surface area contributed by atoms with Gasteiger partial charge in [0.2, 0.25) is 10.0 Å². The summed E-state index contributed by atoms with van der Waals surface area (Å²) in [7, 11) is -3.64. The van der Waals surface area contributed by atoms with E-state index >= 15 is 0 Å². The molecule has 12 nitrogen and oxygen atoms in total. The SMILES string of the molecule is CCn1c(CSc2nc3ccc(S(=O)(=O)N4CCOCC4)cc3[nH]2)nc2c1c(=O)[nH]c(=O)n2Cc1ccc(Cl)cc1. The molecule has 3 aromatic heterocycles. The number of rotatable bonds is 8. The third-order valence-electron chi connectivity index (χ3n) is 6.91. The van der Waals surface area contributed by atoms with E-state index in [1.807, 2.05) is 19.1 Å². The van der Waals surface area contributed by atoms with E-state index in [9.17, 15) is 18.0 Å². The van der Waals surface area contributed by atoms with Crippen molar-refractivity contribution in [2.24, 2.45) is 0 Å². The molecule has 0 aliphatic carbocycles. The number of ether oxygens (including phenoxy) is 1.